The lowest BCUT2D eigenvalue weighted by Crippen LogP contribution is -2.59. The van der Waals surface area contributed by atoms with Crippen molar-refractivity contribution in [3.8, 4) is 0 Å². The Kier molecular flexibility index (Phi) is 7.52. The molecule has 0 unspecified atom stereocenters. The molecule has 20 heavy (non-hydrogen) atoms. The highest BCUT2D eigenvalue weighted by Gasteiger charge is 2.43. The van der Waals surface area contributed by atoms with Crippen LogP contribution in [0.3, 0.4) is 0 Å². The van der Waals surface area contributed by atoms with Crippen LogP contribution in [0.15, 0.2) is 0 Å². The zero-order chi connectivity index (χ0) is 14.6. The summed E-state index contributed by atoms with van der Waals surface area (Å²) in [5.41, 5.74) is -0.648. The first-order valence-corrected chi connectivity index (χ1v) is 7.07. The van der Waals surface area contributed by atoms with Crippen molar-refractivity contribution in [1.29, 1.82) is 0 Å². The van der Waals surface area contributed by atoms with Crippen LogP contribution in [0.5, 0.6) is 0 Å². The second-order valence-corrected chi connectivity index (χ2v) is 6.13. The van der Waals surface area contributed by atoms with Gasteiger partial charge in [0.05, 0.1) is 11.6 Å². The molecule has 1 fully saturated rings. The molecule has 1 aliphatic heterocycles. The van der Waals surface area contributed by atoms with Crippen LogP contribution in [0.25, 0.3) is 0 Å². The summed E-state index contributed by atoms with van der Waals surface area (Å²) in [6, 6.07) is -0.189. The molecule has 0 aromatic rings. The van der Waals surface area contributed by atoms with Crippen LogP contribution in [-0.2, 0) is 9.59 Å². The number of halogens is 1. The highest BCUT2D eigenvalue weighted by molar-refractivity contribution is 5.87. The lowest BCUT2D eigenvalue weighted by molar-refractivity contribution is -0.136. The number of likely N-dealkylation sites (tertiary alicyclic amines) is 1. The molecule has 0 spiro atoms. The third kappa shape index (κ3) is 4.35. The Morgan fingerprint density at radius 3 is 2.45 bits per heavy atom. The van der Waals surface area contributed by atoms with Crippen molar-refractivity contribution >= 4 is 24.2 Å². The summed E-state index contributed by atoms with van der Waals surface area (Å²) in [6.45, 7) is 9.37. The molecule has 2 amide bonds. The predicted octanol–water partition coefficient (Wildman–Crippen LogP) is 1.17. The molecule has 1 rings (SSSR count). The van der Waals surface area contributed by atoms with Crippen molar-refractivity contribution in [2.75, 3.05) is 20.1 Å². The van der Waals surface area contributed by atoms with Crippen molar-refractivity contribution in [3.63, 3.8) is 0 Å². The normalized spacial score (nSPS) is 19.6. The van der Waals surface area contributed by atoms with E-state index < -0.39 is 5.54 Å². The van der Waals surface area contributed by atoms with Crippen molar-refractivity contribution in [2.24, 2.45) is 5.92 Å². The number of hydrogen-bond acceptors (Lipinski definition) is 3. The van der Waals surface area contributed by atoms with E-state index in [1.54, 1.807) is 7.05 Å². The first-order chi connectivity index (χ1) is 8.80. The van der Waals surface area contributed by atoms with Crippen molar-refractivity contribution in [3.05, 3.63) is 0 Å². The lowest BCUT2D eigenvalue weighted by atomic mass is 10.00. The predicted molar refractivity (Wildman–Crippen MR) is 83.0 cm³/mol. The summed E-state index contributed by atoms with van der Waals surface area (Å²) < 4.78 is 0. The highest BCUT2D eigenvalue weighted by Crippen LogP contribution is 2.27. The van der Waals surface area contributed by atoms with Gasteiger partial charge in [0.1, 0.15) is 0 Å². The Morgan fingerprint density at radius 1 is 1.35 bits per heavy atom. The first kappa shape index (κ1) is 19.2. The van der Waals surface area contributed by atoms with Gasteiger partial charge in [-0.1, -0.05) is 13.8 Å². The number of likely N-dealkylation sites (N-methyl/N-ethyl adjacent to an activating group) is 1. The largest absolute Gasteiger partial charge is 0.358 e. The Labute approximate surface area is 128 Å². The molecule has 1 saturated heterocycles. The van der Waals surface area contributed by atoms with Crippen LogP contribution in [0, 0.1) is 5.92 Å². The van der Waals surface area contributed by atoms with Crippen LogP contribution in [0.1, 0.15) is 40.5 Å². The number of hydrogen-bond donors (Lipinski definition) is 2. The van der Waals surface area contributed by atoms with Gasteiger partial charge < -0.3 is 10.6 Å². The molecule has 0 radical (unpaired) electrons. The van der Waals surface area contributed by atoms with E-state index in [-0.39, 0.29) is 30.3 Å². The van der Waals surface area contributed by atoms with E-state index in [0.717, 1.165) is 19.4 Å². The summed E-state index contributed by atoms with van der Waals surface area (Å²) in [7, 11) is 1.63. The Hall–Kier alpha value is -0.810. The molecule has 118 valence electrons. The summed E-state index contributed by atoms with van der Waals surface area (Å²) >= 11 is 0. The van der Waals surface area contributed by atoms with E-state index in [4.69, 9.17) is 0 Å². The van der Waals surface area contributed by atoms with Gasteiger partial charge in [-0.25, -0.2) is 0 Å². The molecule has 6 heteroatoms. The van der Waals surface area contributed by atoms with Gasteiger partial charge in [0.25, 0.3) is 0 Å². The van der Waals surface area contributed by atoms with Crippen LogP contribution in [-0.4, -0.2) is 48.4 Å². The maximum Gasteiger partial charge on any atom is 0.239 e. The fourth-order valence-electron chi connectivity index (χ4n) is 2.57. The summed E-state index contributed by atoms with van der Waals surface area (Å²) in [6.07, 6.45) is 1.78. The Morgan fingerprint density at radius 2 is 1.95 bits per heavy atom. The molecular weight excluding hydrogens is 278 g/mol. The smallest absolute Gasteiger partial charge is 0.239 e. The molecule has 2 N–H and O–H groups in total. The minimum Gasteiger partial charge on any atom is -0.358 e. The average molecular weight is 306 g/mol. The van der Waals surface area contributed by atoms with Gasteiger partial charge in [-0.15, -0.1) is 12.4 Å². The number of nitrogens with one attached hydrogen (secondary N) is 2. The maximum absolute atomic E-state index is 12.2. The van der Waals surface area contributed by atoms with Crippen LogP contribution < -0.4 is 10.6 Å². The maximum atomic E-state index is 12.2. The molecule has 0 aromatic carbocycles. The van der Waals surface area contributed by atoms with E-state index in [1.807, 2.05) is 18.7 Å². The van der Waals surface area contributed by atoms with Crippen molar-refractivity contribution in [2.45, 2.75) is 52.1 Å². The number of carbonyl (C=O) groups excluding carboxylic acids is 2. The quantitative estimate of drug-likeness (QED) is 0.801. The summed E-state index contributed by atoms with van der Waals surface area (Å²) in [5.74, 6) is 0.435. The SMILES string of the molecule is CNC(=O)C(C)(C)N1CCC[C@H]1C(=O)NCC(C)C.Cl. The highest BCUT2D eigenvalue weighted by atomic mass is 35.5. The van der Waals surface area contributed by atoms with E-state index in [2.05, 4.69) is 24.5 Å². The van der Waals surface area contributed by atoms with Crippen molar-refractivity contribution < 1.29 is 9.59 Å². The first-order valence-electron chi connectivity index (χ1n) is 7.07. The molecule has 0 bridgehead atoms. The Bertz CT molecular complexity index is 345. The van der Waals surface area contributed by atoms with Gasteiger partial charge in [-0.3, -0.25) is 14.5 Å². The molecule has 1 atom stereocenters. The van der Waals surface area contributed by atoms with Crippen LogP contribution in [0.2, 0.25) is 0 Å². The van der Waals surface area contributed by atoms with Gasteiger partial charge in [-0.05, 0) is 32.6 Å². The Balaban J connectivity index is 0.00000361. The van der Waals surface area contributed by atoms with Gasteiger partial charge in [-0.2, -0.15) is 0 Å². The number of nitrogens with zero attached hydrogens (tertiary/aromatic N) is 1. The second kappa shape index (κ2) is 7.84. The molecule has 1 heterocycles. The van der Waals surface area contributed by atoms with Gasteiger partial charge in [0, 0.05) is 20.1 Å². The minimum absolute atomic E-state index is 0. The van der Waals surface area contributed by atoms with Gasteiger partial charge in [0.2, 0.25) is 11.8 Å². The third-order valence-corrected chi connectivity index (χ3v) is 3.74. The fraction of sp³-hybridized carbons (Fsp3) is 0.857. The standard InChI is InChI=1S/C14H27N3O2.ClH/c1-10(2)9-16-12(18)11-7-6-8-17(11)14(3,4)13(19)15-5;/h10-11H,6-9H2,1-5H3,(H,15,19)(H,16,18);1H/t11-;/m0./s1. The van der Waals surface area contributed by atoms with Gasteiger partial charge >= 0.3 is 0 Å². The average Bonchev–Trinajstić information content (AvgIpc) is 2.84. The molecule has 1 aliphatic rings. The lowest BCUT2D eigenvalue weighted by Gasteiger charge is -2.37. The molecule has 0 aliphatic carbocycles. The van der Waals surface area contributed by atoms with Crippen molar-refractivity contribution in [1.82, 2.24) is 15.5 Å². The summed E-state index contributed by atoms with van der Waals surface area (Å²) in [4.78, 5) is 26.2. The van der Waals surface area contributed by atoms with E-state index >= 15 is 0 Å². The molecular formula is C14H28ClN3O2. The minimum atomic E-state index is -0.648. The van der Waals surface area contributed by atoms with Crippen LogP contribution in [0.4, 0.5) is 0 Å². The zero-order valence-electron chi connectivity index (χ0n) is 13.2. The molecule has 0 saturated carbocycles. The van der Waals surface area contributed by atoms with E-state index in [9.17, 15) is 9.59 Å². The third-order valence-electron chi connectivity index (χ3n) is 3.74. The van der Waals surface area contributed by atoms with Gasteiger partial charge in [0.15, 0.2) is 0 Å². The fourth-order valence-corrected chi connectivity index (χ4v) is 2.57. The monoisotopic (exact) mass is 305 g/mol. The van der Waals surface area contributed by atoms with Crippen LogP contribution >= 0.6 is 12.4 Å². The summed E-state index contributed by atoms with van der Waals surface area (Å²) in [5, 5.41) is 5.65. The number of amides is 2. The number of carbonyl (C=O) groups is 2. The topological polar surface area (TPSA) is 61.4 Å². The number of rotatable bonds is 5. The molecule has 0 aromatic heterocycles. The van der Waals surface area contributed by atoms with E-state index in [1.165, 1.54) is 0 Å². The molecule has 5 nitrogen and oxygen atoms in total. The second-order valence-electron chi connectivity index (χ2n) is 6.13. The van der Waals surface area contributed by atoms with E-state index in [0.29, 0.717) is 12.5 Å². The zero-order valence-corrected chi connectivity index (χ0v) is 14.0.